The first-order valence-electron chi connectivity index (χ1n) is 7.96. The van der Waals surface area contributed by atoms with E-state index < -0.39 is 0 Å². The molecule has 3 aromatic rings. The number of rotatable bonds is 5. The molecule has 0 aliphatic rings. The Morgan fingerprint density at radius 1 is 1.28 bits per heavy atom. The summed E-state index contributed by atoms with van der Waals surface area (Å²) in [5.41, 5.74) is 3.61. The van der Waals surface area contributed by atoms with Crippen molar-refractivity contribution in [2.24, 2.45) is 0 Å². The zero-order valence-electron chi connectivity index (χ0n) is 14.3. The molecule has 130 valence electrons. The molecule has 0 atom stereocenters. The van der Waals surface area contributed by atoms with Crippen LogP contribution in [0.2, 0.25) is 5.02 Å². The summed E-state index contributed by atoms with van der Waals surface area (Å²) in [5, 5.41) is 7.45. The van der Waals surface area contributed by atoms with Gasteiger partial charge >= 0.3 is 0 Å². The first-order chi connectivity index (χ1) is 12.0. The number of nitrogens with one attached hydrogen (secondary N) is 1. The molecule has 0 bridgehead atoms. The van der Waals surface area contributed by atoms with Gasteiger partial charge in [0.15, 0.2) is 0 Å². The Bertz CT molecular complexity index is 914. The second-order valence-electron chi connectivity index (χ2n) is 5.81. The van der Waals surface area contributed by atoms with Crippen LogP contribution in [0.5, 0.6) is 0 Å². The van der Waals surface area contributed by atoms with Gasteiger partial charge in [-0.1, -0.05) is 35.0 Å². The zero-order chi connectivity index (χ0) is 18.0. The van der Waals surface area contributed by atoms with Gasteiger partial charge in [0, 0.05) is 24.3 Å². The molecule has 7 heteroatoms. The van der Waals surface area contributed by atoms with Crippen molar-refractivity contribution < 1.29 is 9.32 Å². The van der Waals surface area contributed by atoms with Gasteiger partial charge < -0.3 is 14.4 Å². The Morgan fingerprint density at radius 2 is 2.04 bits per heavy atom. The average molecular weight is 359 g/mol. The Labute approximate surface area is 150 Å². The van der Waals surface area contributed by atoms with Crippen LogP contribution in [0.15, 0.2) is 35.1 Å². The van der Waals surface area contributed by atoms with Gasteiger partial charge in [-0.25, -0.2) is 4.98 Å². The minimum absolute atomic E-state index is 0.233. The fraction of sp³-hybridized carbons (Fsp3) is 0.278. The molecule has 2 heterocycles. The number of imidazole rings is 1. The Hall–Kier alpha value is -2.60. The molecule has 0 radical (unpaired) electrons. The number of nitrogens with zero attached hydrogens (tertiary/aromatic N) is 3. The second kappa shape index (κ2) is 7.11. The molecule has 0 saturated heterocycles. The number of aryl methyl sites for hydroxylation is 2. The summed E-state index contributed by atoms with van der Waals surface area (Å²) in [4.78, 5) is 16.9. The van der Waals surface area contributed by atoms with Gasteiger partial charge in [0.05, 0.1) is 17.0 Å². The number of carbonyl (C=O) groups excluding carboxylic acids is 1. The maximum absolute atomic E-state index is 12.6. The van der Waals surface area contributed by atoms with E-state index in [9.17, 15) is 4.79 Å². The number of hydrogen-bond donors (Lipinski definition) is 1. The van der Waals surface area contributed by atoms with E-state index >= 15 is 0 Å². The van der Waals surface area contributed by atoms with Gasteiger partial charge in [-0.3, -0.25) is 4.79 Å². The van der Waals surface area contributed by atoms with Crippen LogP contribution in [-0.2, 0) is 6.54 Å². The molecule has 0 saturated carbocycles. The third kappa shape index (κ3) is 3.44. The lowest BCUT2D eigenvalue weighted by Gasteiger charge is -2.08. The van der Waals surface area contributed by atoms with Crippen molar-refractivity contribution in [1.82, 2.24) is 20.0 Å². The summed E-state index contributed by atoms with van der Waals surface area (Å²) in [6, 6.07) is 7.24. The summed E-state index contributed by atoms with van der Waals surface area (Å²) >= 11 is 6.23. The first-order valence-corrected chi connectivity index (χ1v) is 8.34. The predicted molar refractivity (Wildman–Crippen MR) is 95.7 cm³/mol. The summed E-state index contributed by atoms with van der Waals surface area (Å²) < 4.78 is 7.23. The molecular weight excluding hydrogens is 340 g/mol. The fourth-order valence-corrected chi connectivity index (χ4v) is 2.85. The van der Waals surface area contributed by atoms with Crippen LogP contribution in [0.25, 0.3) is 11.3 Å². The SMILES string of the molecule is Cc1ncn(CCNC(=O)c2c(-c3ccccc3Cl)noc2C)c1C. The molecule has 0 aliphatic heterocycles. The topological polar surface area (TPSA) is 73.0 Å². The predicted octanol–water partition coefficient (Wildman–Crippen LogP) is 3.55. The van der Waals surface area contributed by atoms with E-state index in [2.05, 4.69) is 15.5 Å². The normalized spacial score (nSPS) is 10.9. The maximum Gasteiger partial charge on any atom is 0.257 e. The lowest BCUT2D eigenvalue weighted by Crippen LogP contribution is -2.28. The van der Waals surface area contributed by atoms with Gasteiger partial charge in [0.1, 0.15) is 17.0 Å². The van der Waals surface area contributed by atoms with E-state index in [1.807, 2.05) is 36.6 Å². The summed E-state index contributed by atoms with van der Waals surface area (Å²) in [6.07, 6.45) is 1.77. The van der Waals surface area contributed by atoms with Gasteiger partial charge in [0.2, 0.25) is 0 Å². The Morgan fingerprint density at radius 3 is 2.72 bits per heavy atom. The summed E-state index contributed by atoms with van der Waals surface area (Å²) in [5.74, 6) is 0.227. The molecule has 3 rings (SSSR count). The van der Waals surface area contributed by atoms with E-state index in [1.165, 1.54) is 0 Å². The van der Waals surface area contributed by atoms with Crippen LogP contribution in [0.3, 0.4) is 0 Å². The number of hydrogen-bond acceptors (Lipinski definition) is 4. The summed E-state index contributed by atoms with van der Waals surface area (Å²) in [7, 11) is 0. The van der Waals surface area contributed by atoms with Crippen molar-refractivity contribution in [3.63, 3.8) is 0 Å². The fourth-order valence-electron chi connectivity index (χ4n) is 2.62. The highest BCUT2D eigenvalue weighted by molar-refractivity contribution is 6.33. The largest absolute Gasteiger partial charge is 0.360 e. The van der Waals surface area contributed by atoms with Crippen LogP contribution < -0.4 is 5.32 Å². The second-order valence-corrected chi connectivity index (χ2v) is 6.21. The molecule has 2 aromatic heterocycles. The minimum atomic E-state index is -0.233. The first kappa shape index (κ1) is 17.2. The van der Waals surface area contributed by atoms with Crippen molar-refractivity contribution in [2.75, 3.05) is 6.54 Å². The maximum atomic E-state index is 12.6. The molecule has 1 amide bonds. The van der Waals surface area contributed by atoms with E-state index in [1.54, 1.807) is 19.3 Å². The molecular formula is C18H19ClN4O2. The third-order valence-corrected chi connectivity index (χ3v) is 4.53. The zero-order valence-corrected chi connectivity index (χ0v) is 15.1. The molecule has 0 spiro atoms. The van der Waals surface area contributed by atoms with Crippen LogP contribution >= 0.6 is 11.6 Å². The number of carbonyl (C=O) groups is 1. The van der Waals surface area contributed by atoms with Gasteiger partial charge in [-0.15, -0.1) is 0 Å². The smallest absolute Gasteiger partial charge is 0.257 e. The van der Waals surface area contributed by atoms with Gasteiger partial charge in [-0.05, 0) is 26.8 Å². The van der Waals surface area contributed by atoms with Crippen molar-refractivity contribution in [3.05, 3.63) is 58.3 Å². The summed E-state index contributed by atoms with van der Waals surface area (Å²) in [6.45, 7) is 6.79. The highest BCUT2D eigenvalue weighted by atomic mass is 35.5. The molecule has 1 N–H and O–H groups in total. The standard InChI is InChI=1S/C18H19ClN4O2/c1-11-12(2)23(10-21-11)9-8-20-18(24)16-13(3)25-22-17(16)14-6-4-5-7-15(14)19/h4-7,10H,8-9H2,1-3H3,(H,20,24). The molecule has 0 unspecified atom stereocenters. The van der Waals surface area contributed by atoms with Gasteiger partial charge in [-0.2, -0.15) is 0 Å². The van der Waals surface area contributed by atoms with Crippen molar-refractivity contribution in [1.29, 1.82) is 0 Å². The molecule has 1 aromatic carbocycles. The van der Waals surface area contributed by atoms with Crippen LogP contribution in [-0.4, -0.2) is 27.2 Å². The van der Waals surface area contributed by atoms with Crippen LogP contribution in [0.1, 0.15) is 27.5 Å². The molecule has 6 nitrogen and oxygen atoms in total. The van der Waals surface area contributed by atoms with E-state index in [0.717, 1.165) is 11.4 Å². The highest BCUT2D eigenvalue weighted by Crippen LogP contribution is 2.30. The Kier molecular flexibility index (Phi) is 4.90. The van der Waals surface area contributed by atoms with Crippen LogP contribution in [0, 0.1) is 20.8 Å². The highest BCUT2D eigenvalue weighted by Gasteiger charge is 2.22. The minimum Gasteiger partial charge on any atom is -0.360 e. The lowest BCUT2D eigenvalue weighted by molar-refractivity contribution is 0.0951. The van der Waals surface area contributed by atoms with E-state index in [4.69, 9.17) is 16.1 Å². The van der Waals surface area contributed by atoms with Crippen molar-refractivity contribution >= 4 is 17.5 Å². The number of aromatic nitrogens is 3. The van der Waals surface area contributed by atoms with Crippen LogP contribution in [0.4, 0.5) is 0 Å². The molecule has 25 heavy (non-hydrogen) atoms. The van der Waals surface area contributed by atoms with Crippen molar-refractivity contribution in [2.45, 2.75) is 27.3 Å². The quantitative estimate of drug-likeness (QED) is 0.757. The number of halogens is 1. The van der Waals surface area contributed by atoms with E-state index in [-0.39, 0.29) is 5.91 Å². The molecule has 0 fully saturated rings. The lowest BCUT2D eigenvalue weighted by atomic mass is 10.1. The third-order valence-electron chi connectivity index (χ3n) is 4.20. The average Bonchev–Trinajstić information content (AvgIpc) is 3.12. The van der Waals surface area contributed by atoms with Gasteiger partial charge in [0.25, 0.3) is 5.91 Å². The molecule has 0 aliphatic carbocycles. The Balaban J connectivity index is 1.76. The van der Waals surface area contributed by atoms with Crippen molar-refractivity contribution in [3.8, 4) is 11.3 Å². The van der Waals surface area contributed by atoms with E-state index in [0.29, 0.717) is 40.7 Å². The number of benzene rings is 1. The monoisotopic (exact) mass is 358 g/mol. The number of amides is 1.